The minimum Gasteiger partial charge on any atom is -0.478 e. The van der Waals surface area contributed by atoms with E-state index in [1.54, 1.807) is 6.20 Å². The number of aliphatic hydroxyl groups excluding tert-OH is 1. The summed E-state index contributed by atoms with van der Waals surface area (Å²) in [5, 5.41) is 23.0. The predicted octanol–water partition coefficient (Wildman–Crippen LogP) is 1.98. The highest BCUT2D eigenvalue weighted by Gasteiger charge is 2.22. The number of aromatic carboxylic acids is 1. The van der Waals surface area contributed by atoms with Crippen molar-refractivity contribution in [2.24, 2.45) is 0 Å². The van der Waals surface area contributed by atoms with Crippen LogP contribution in [0.4, 0.5) is 5.69 Å². The largest absolute Gasteiger partial charge is 0.478 e. The molecule has 0 radical (unpaired) electrons. The van der Waals surface area contributed by atoms with E-state index in [-0.39, 0.29) is 17.7 Å². The van der Waals surface area contributed by atoms with Crippen molar-refractivity contribution in [3.8, 4) is 0 Å². The van der Waals surface area contributed by atoms with E-state index in [4.69, 9.17) is 0 Å². The molecule has 0 aliphatic heterocycles. The van der Waals surface area contributed by atoms with E-state index in [9.17, 15) is 15.0 Å². The van der Waals surface area contributed by atoms with Crippen molar-refractivity contribution in [2.75, 3.05) is 5.32 Å². The molecular weight excluding hydrogens is 258 g/mol. The van der Waals surface area contributed by atoms with Gasteiger partial charge in [-0.15, -0.1) is 0 Å². The number of fused-ring (bicyclic) bond motifs is 1. The third-order valence-electron chi connectivity index (χ3n) is 3.86. The molecule has 3 rings (SSSR count). The quantitative estimate of drug-likeness (QED) is 0.686. The Morgan fingerprint density at radius 2 is 2.10 bits per heavy atom. The van der Waals surface area contributed by atoms with Gasteiger partial charge in [0.25, 0.3) is 0 Å². The first-order valence-corrected chi connectivity index (χ1v) is 6.79. The molecule has 2 aromatic heterocycles. The summed E-state index contributed by atoms with van der Waals surface area (Å²) in [5.41, 5.74) is 1.47. The average Bonchev–Trinajstić information content (AvgIpc) is 2.90. The number of aromatic nitrogens is 2. The molecular formula is C14H17N3O3. The molecule has 6 nitrogen and oxygen atoms in total. The van der Waals surface area contributed by atoms with Gasteiger partial charge in [0.05, 0.1) is 11.8 Å². The van der Waals surface area contributed by atoms with Crippen LogP contribution >= 0.6 is 0 Å². The van der Waals surface area contributed by atoms with E-state index in [1.807, 2.05) is 6.07 Å². The average molecular weight is 275 g/mol. The third kappa shape index (κ3) is 2.34. The van der Waals surface area contributed by atoms with E-state index >= 15 is 0 Å². The fourth-order valence-electron chi connectivity index (χ4n) is 2.75. The Bertz CT molecular complexity index is 630. The molecule has 1 fully saturated rings. The standard InChI is InChI=1S/C14H17N3O3/c18-9-3-1-8(2-4-9)17-12-10-5-6-15-13(10)16-7-11(12)14(19)20/h5-9,18H,1-4H2,(H,19,20)(H2,15,16,17). The van der Waals surface area contributed by atoms with E-state index in [0.717, 1.165) is 31.1 Å². The van der Waals surface area contributed by atoms with Crippen molar-refractivity contribution in [1.29, 1.82) is 0 Å². The topological polar surface area (TPSA) is 98.2 Å². The van der Waals surface area contributed by atoms with Gasteiger partial charge in [0.2, 0.25) is 0 Å². The highest BCUT2D eigenvalue weighted by molar-refractivity contribution is 6.03. The maximum Gasteiger partial charge on any atom is 0.339 e. The Labute approximate surface area is 115 Å². The molecule has 2 heterocycles. The number of nitrogens with one attached hydrogen (secondary N) is 2. The number of nitrogens with zero attached hydrogens (tertiary/aromatic N) is 1. The van der Waals surface area contributed by atoms with Crippen LogP contribution < -0.4 is 5.32 Å². The van der Waals surface area contributed by atoms with Gasteiger partial charge in [0.1, 0.15) is 11.2 Å². The molecule has 0 spiro atoms. The second-order valence-corrected chi connectivity index (χ2v) is 5.24. The predicted molar refractivity (Wildman–Crippen MR) is 74.9 cm³/mol. The van der Waals surface area contributed by atoms with Crippen molar-refractivity contribution in [3.05, 3.63) is 24.0 Å². The summed E-state index contributed by atoms with van der Waals surface area (Å²) in [5.74, 6) is -0.987. The van der Waals surface area contributed by atoms with Crippen LogP contribution in [0.5, 0.6) is 0 Å². The number of hydrogen-bond acceptors (Lipinski definition) is 4. The van der Waals surface area contributed by atoms with Gasteiger partial charge in [-0.05, 0) is 31.7 Å². The maximum absolute atomic E-state index is 11.4. The zero-order valence-corrected chi connectivity index (χ0v) is 11.0. The number of H-pyrrole nitrogens is 1. The fraction of sp³-hybridized carbons (Fsp3) is 0.429. The molecule has 1 aliphatic rings. The first-order valence-electron chi connectivity index (χ1n) is 6.79. The minimum atomic E-state index is -0.987. The van der Waals surface area contributed by atoms with Gasteiger partial charge < -0.3 is 20.5 Å². The Hall–Kier alpha value is -2.08. The maximum atomic E-state index is 11.4. The molecule has 0 amide bonds. The molecule has 0 unspecified atom stereocenters. The van der Waals surface area contributed by atoms with Crippen LogP contribution in [0.15, 0.2) is 18.5 Å². The van der Waals surface area contributed by atoms with Crippen LogP contribution in [0.1, 0.15) is 36.0 Å². The molecule has 1 saturated carbocycles. The summed E-state index contributed by atoms with van der Waals surface area (Å²) >= 11 is 0. The smallest absolute Gasteiger partial charge is 0.339 e. The van der Waals surface area contributed by atoms with Crippen LogP contribution in [-0.4, -0.2) is 38.3 Å². The lowest BCUT2D eigenvalue weighted by atomic mass is 9.92. The van der Waals surface area contributed by atoms with E-state index in [2.05, 4.69) is 15.3 Å². The van der Waals surface area contributed by atoms with Crippen LogP contribution in [0.25, 0.3) is 11.0 Å². The van der Waals surface area contributed by atoms with Gasteiger partial charge in [0, 0.05) is 23.8 Å². The Kier molecular flexibility index (Phi) is 3.31. The zero-order valence-electron chi connectivity index (χ0n) is 11.0. The Balaban J connectivity index is 1.94. The summed E-state index contributed by atoms with van der Waals surface area (Å²) < 4.78 is 0. The lowest BCUT2D eigenvalue weighted by Gasteiger charge is -2.27. The van der Waals surface area contributed by atoms with E-state index in [1.165, 1.54) is 6.20 Å². The first-order chi connectivity index (χ1) is 9.65. The molecule has 6 heteroatoms. The number of anilines is 1. The summed E-state index contributed by atoms with van der Waals surface area (Å²) in [6.07, 6.45) is 6.09. The van der Waals surface area contributed by atoms with Crippen molar-refractivity contribution in [1.82, 2.24) is 9.97 Å². The second kappa shape index (κ2) is 5.13. The highest BCUT2D eigenvalue weighted by Crippen LogP contribution is 2.29. The number of aromatic amines is 1. The molecule has 106 valence electrons. The monoisotopic (exact) mass is 275 g/mol. The second-order valence-electron chi connectivity index (χ2n) is 5.24. The van der Waals surface area contributed by atoms with Crippen molar-refractivity contribution >= 4 is 22.7 Å². The Morgan fingerprint density at radius 1 is 1.35 bits per heavy atom. The van der Waals surface area contributed by atoms with Gasteiger partial charge in [-0.2, -0.15) is 0 Å². The lowest BCUT2D eigenvalue weighted by molar-refractivity contribution is 0.0697. The molecule has 20 heavy (non-hydrogen) atoms. The number of hydrogen-bond donors (Lipinski definition) is 4. The molecule has 0 atom stereocenters. The van der Waals surface area contributed by atoms with E-state index in [0.29, 0.717) is 11.3 Å². The fourth-order valence-corrected chi connectivity index (χ4v) is 2.75. The lowest BCUT2D eigenvalue weighted by Crippen LogP contribution is -2.29. The minimum absolute atomic E-state index is 0.184. The molecule has 1 aliphatic carbocycles. The summed E-state index contributed by atoms with van der Waals surface area (Å²) in [6.45, 7) is 0. The molecule has 4 N–H and O–H groups in total. The summed E-state index contributed by atoms with van der Waals surface area (Å²) in [7, 11) is 0. The van der Waals surface area contributed by atoms with Gasteiger partial charge in [-0.1, -0.05) is 0 Å². The highest BCUT2D eigenvalue weighted by atomic mass is 16.4. The van der Waals surface area contributed by atoms with Crippen LogP contribution in [0.3, 0.4) is 0 Å². The van der Waals surface area contributed by atoms with Gasteiger partial charge in [-0.3, -0.25) is 0 Å². The van der Waals surface area contributed by atoms with Gasteiger partial charge in [-0.25, -0.2) is 9.78 Å². The van der Waals surface area contributed by atoms with Gasteiger partial charge >= 0.3 is 5.97 Å². The normalized spacial score (nSPS) is 22.9. The molecule has 0 saturated heterocycles. The van der Waals surface area contributed by atoms with Crippen molar-refractivity contribution < 1.29 is 15.0 Å². The number of carbonyl (C=O) groups is 1. The van der Waals surface area contributed by atoms with E-state index < -0.39 is 5.97 Å². The summed E-state index contributed by atoms with van der Waals surface area (Å²) in [6, 6.07) is 2.02. The number of rotatable bonds is 3. The number of carboxylic acid groups (broad SMARTS) is 1. The molecule has 0 bridgehead atoms. The number of carboxylic acids is 1. The van der Waals surface area contributed by atoms with Gasteiger partial charge in [0.15, 0.2) is 0 Å². The van der Waals surface area contributed by atoms with Crippen LogP contribution in [0.2, 0.25) is 0 Å². The SMILES string of the molecule is O=C(O)c1cnc2[nH]ccc2c1NC1CCC(O)CC1. The molecule has 2 aromatic rings. The molecule has 0 aromatic carbocycles. The first kappa shape index (κ1) is 12.9. The van der Waals surface area contributed by atoms with Crippen molar-refractivity contribution in [2.45, 2.75) is 37.8 Å². The third-order valence-corrected chi connectivity index (χ3v) is 3.86. The number of aliphatic hydroxyl groups is 1. The Morgan fingerprint density at radius 3 is 2.80 bits per heavy atom. The van der Waals surface area contributed by atoms with Crippen molar-refractivity contribution in [3.63, 3.8) is 0 Å². The zero-order chi connectivity index (χ0) is 14.1. The van der Waals surface area contributed by atoms with Crippen LogP contribution in [0, 0.1) is 0 Å². The number of pyridine rings is 1. The summed E-state index contributed by atoms with van der Waals surface area (Å²) in [4.78, 5) is 18.4. The van der Waals surface area contributed by atoms with Crippen LogP contribution in [-0.2, 0) is 0 Å².